The van der Waals surface area contributed by atoms with Crippen LogP contribution in [0.5, 0.6) is 0 Å². The Balaban J connectivity index is 1.67. The highest BCUT2D eigenvalue weighted by Gasteiger charge is 2.30. The number of hydrogen-bond acceptors (Lipinski definition) is 3. The smallest absolute Gasteiger partial charge is 0.251 e. The van der Waals surface area contributed by atoms with Gasteiger partial charge in [0, 0.05) is 25.2 Å². The minimum Gasteiger partial charge on any atom is -0.343 e. The molecule has 1 heterocycles. The van der Waals surface area contributed by atoms with Gasteiger partial charge in [-0.25, -0.2) is 0 Å². The van der Waals surface area contributed by atoms with Crippen molar-refractivity contribution in [1.82, 2.24) is 15.1 Å². The first kappa shape index (κ1) is 19.1. The second kappa shape index (κ2) is 8.35. The summed E-state index contributed by atoms with van der Waals surface area (Å²) in [6, 6.07) is 15.8. The van der Waals surface area contributed by atoms with Gasteiger partial charge in [0.1, 0.15) is 0 Å². The minimum atomic E-state index is -0.208. The van der Waals surface area contributed by atoms with Crippen molar-refractivity contribution in [3.63, 3.8) is 0 Å². The summed E-state index contributed by atoms with van der Waals surface area (Å²) in [7, 11) is 2.07. The third-order valence-electron chi connectivity index (χ3n) is 4.97. The molecule has 1 N–H and O–H groups in total. The van der Waals surface area contributed by atoms with Crippen molar-refractivity contribution in [1.29, 1.82) is 0 Å². The second-order valence-corrected chi connectivity index (χ2v) is 7.33. The molecule has 1 atom stereocenters. The van der Waals surface area contributed by atoms with Crippen LogP contribution in [0.2, 0.25) is 0 Å². The first-order valence-electron chi connectivity index (χ1n) is 9.33. The van der Waals surface area contributed by atoms with E-state index in [4.69, 9.17) is 0 Å². The fourth-order valence-electron chi connectivity index (χ4n) is 3.64. The number of benzene rings is 2. The fraction of sp³-hybridized carbons (Fsp3) is 0.364. The third kappa shape index (κ3) is 4.74. The first-order chi connectivity index (χ1) is 12.9. The molecule has 1 aliphatic heterocycles. The highest BCUT2D eigenvalue weighted by molar-refractivity contribution is 5.96. The van der Waals surface area contributed by atoms with Crippen LogP contribution in [-0.4, -0.2) is 54.8 Å². The van der Waals surface area contributed by atoms with Crippen LogP contribution in [0, 0.1) is 13.8 Å². The van der Waals surface area contributed by atoms with E-state index in [1.54, 1.807) is 0 Å². The molecule has 5 heteroatoms. The first-order valence-corrected chi connectivity index (χ1v) is 9.33. The summed E-state index contributed by atoms with van der Waals surface area (Å²) in [5, 5.41) is 2.79. The summed E-state index contributed by atoms with van der Waals surface area (Å²) in [6.45, 7) is 6.22. The molecule has 2 aromatic carbocycles. The maximum Gasteiger partial charge on any atom is 0.251 e. The standard InChI is InChI=1S/C22H27N3O2/c1-16-11-17(2)13-19(12-16)22(27)23-14-21(26)25-10-9-24(3)15-20(25)18-7-5-4-6-8-18/h4-8,11-13,20H,9-10,14-15H2,1-3H3,(H,23,27). The predicted molar refractivity (Wildman–Crippen MR) is 107 cm³/mol. The lowest BCUT2D eigenvalue weighted by molar-refractivity contribution is -0.135. The minimum absolute atomic E-state index is 0.00978. The zero-order chi connectivity index (χ0) is 19.4. The van der Waals surface area contributed by atoms with E-state index in [2.05, 4.69) is 29.4 Å². The quantitative estimate of drug-likeness (QED) is 0.906. The molecule has 1 fully saturated rings. The number of nitrogens with zero attached hydrogens (tertiary/aromatic N) is 2. The number of aryl methyl sites for hydroxylation is 2. The second-order valence-electron chi connectivity index (χ2n) is 7.33. The molecule has 142 valence electrons. The normalized spacial score (nSPS) is 17.6. The summed E-state index contributed by atoms with van der Waals surface area (Å²) in [6.07, 6.45) is 0. The Morgan fingerprint density at radius 3 is 2.37 bits per heavy atom. The number of hydrogen-bond donors (Lipinski definition) is 1. The van der Waals surface area contributed by atoms with E-state index in [0.29, 0.717) is 12.1 Å². The molecule has 0 aliphatic carbocycles. The Hall–Kier alpha value is -2.66. The third-order valence-corrected chi connectivity index (χ3v) is 4.97. The van der Waals surface area contributed by atoms with Crippen LogP contribution in [0.15, 0.2) is 48.5 Å². The lowest BCUT2D eigenvalue weighted by atomic mass is 10.0. The molecule has 1 aliphatic rings. The summed E-state index contributed by atoms with van der Waals surface area (Å²) in [5.41, 5.74) is 3.79. The zero-order valence-corrected chi connectivity index (χ0v) is 16.2. The van der Waals surface area contributed by atoms with Gasteiger partial charge >= 0.3 is 0 Å². The lowest BCUT2D eigenvalue weighted by Crippen LogP contribution is -2.51. The van der Waals surface area contributed by atoms with Crippen molar-refractivity contribution in [2.75, 3.05) is 33.2 Å². The van der Waals surface area contributed by atoms with Gasteiger partial charge in [0.15, 0.2) is 0 Å². The Morgan fingerprint density at radius 1 is 1.04 bits per heavy atom. The van der Waals surface area contributed by atoms with E-state index in [9.17, 15) is 9.59 Å². The van der Waals surface area contributed by atoms with Gasteiger partial charge in [-0.3, -0.25) is 9.59 Å². The van der Waals surface area contributed by atoms with Crippen LogP contribution in [0.4, 0.5) is 0 Å². The SMILES string of the molecule is Cc1cc(C)cc(C(=O)NCC(=O)N2CCN(C)CC2c2ccccc2)c1. The fourth-order valence-corrected chi connectivity index (χ4v) is 3.64. The highest BCUT2D eigenvalue weighted by Crippen LogP contribution is 2.24. The molecule has 2 aromatic rings. The molecule has 1 saturated heterocycles. The van der Waals surface area contributed by atoms with E-state index in [1.807, 2.05) is 55.1 Å². The molecular weight excluding hydrogens is 338 g/mol. The molecule has 3 rings (SSSR count). The number of likely N-dealkylation sites (N-methyl/N-ethyl adjacent to an activating group) is 1. The van der Waals surface area contributed by atoms with Crippen LogP contribution in [0.3, 0.4) is 0 Å². The van der Waals surface area contributed by atoms with Crippen LogP contribution < -0.4 is 5.32 Å². The molecule has 2 amide bonds. The Labute approximate surface area is 161 Å². The highest BCUT2D eigenvalue weighted by atomic mass is 16.2. The van der Waals surface area contributed by atoms with Crippen molar-refractivity contribution in [2.24, 2.45) is 0 Å². The Bertz CT molecular complexity index is 799. The Morgan fingerprint density at radius 2 is 1.70 bits per heavy atom. The molecule has 0 bridgehead atoms. The van der Waals surface area contributed by atoms with Gasteiger partial charge in [-0.15, -0.1) is 0 Å². The predicted octanol–water partition coefficient (Wildman–Crippen LogP) is 2.55. The molecule has 0 saturated carbocycles. The summed E-state index contributed by atoms with van der Waals surface area (Å²) < 4.78 is 0. The largest absolute Gasteiger partial charge is 0.343 e. The number of carbonyl (C=O) groups is 2. The van der Waals surface area contributed by atoms with E-state index < -0.39 is 0 Å². The van der Waals surface area contributed by atoms with E-state index >= 15 is 0 Å². The summed E-state index contributed by atoms with van der Waals surface area (Å²) >= 11 is 0. The van der Waals surface area contributed by atoms with Gasteiger partial charge in [0.05, 0.1) is 12.6 Å². The molecule has 0 spiro atoms. The monoisotopic (exact) mass is 365 g/mol. The van der Waals surface area contributed by atoms with Crippen molar-refractivity contribution in [2.45, 2.75) is 19.9 Å². The van der Waals surface area contributed by atoms with Crippen molar-refractivity contribution in [3.05, 3.63) is 70.8 Å². The summed E-state index contributed by atoms with van der Waals surface area (Å²) in [4.78, 5) is 29.4. The van der Waals surface area contributed by atoms with Gasteiger partial charge in [-0.05, 0) is 38.6 Å². The number of carbonyl (C=O) groups excluding carboxylic acids is 2. The van der Waals surface area contributed by atoms with Gasteiger partial charge in [-0.2, -0.15) is 0 Å². The molecule has 5 nitrogen and oxygen atoms in total. The number of piperazine rings is 1. The van der Waals surface area contributed by atoms with E-state index in [1.165, 1.54) is 0 Å². The van der Waals surface area contributed by atoms with Gasteiger partial charge in [-0.1, -0.05) is 47.5 Å². The van der Waals surface area contributed by atoms with E-state index in [0.717, 1.165) is 29.8 Å². The average molecular weight is 365 g/mol. The van der Waals surface area contributed by atoms with Gasteiger partial charge < -0.3 is 15.1 Å². The number of rotatable bonds is 4. The maximum atomic E-state index is 12.9. The van der Waals surface area contributed by atoms with Crippen LogP contribution in [0.1, 0.15) is 33.1 Å². The topological polar surface area (TPSA) is 52.7 Å². The Kier molecular flexibility index (Phi) is 5.91. The van der Waals surface area contributed by atoms with Gasteiger partial charge in [0.25, 0.3) is 5.91 Å². The van der Waals surface area contributed by atoms with Crippen LogP contribution in [0.25, 0.3) is 0 Å². The zero-order valence-electron chi connectivity index (χ0n) is 16.2. The van der Waals surface area contributed by atoms with Crippen LogP contribution >= 0.6 is 0 Å². The van der Waals surface area contributed by atoms with Crippen LogP contribution in [-0.2, 0) is 4.79 Å². The number of amides is 2. The molecule has 1 unspecified atom stereocenters. The molecule has 0 radical (unpaired) electrons. The number of nitrogens with one attached hydrogen (secondary N) is 1. The van der Waals surface area contributed by atoms with E-state index in [-0.39, 0.29) is 24.4 Å². The summed E-state index contributed by atoms with van der Waals surface area (Å²) in [5.74, 6) is -0.254. The lowest BCUT2D eigenvalue weighted by Gasteiger charge is -2.40. The molecule has 27 heavy (non-hydrogen) atoms. The van der Waals surface area contributed by atoms with Crippen molar-refractivity contribution >= 4 is 11.8 Å². The molecule has 0 aromatic heterocycles. The molecular formula is C22H27N3O2. The van der Waals surface area contributed by atoms with Crippen molar-refractivity contribution < 1.29 is 9.59 Å². The maximum absolute atomic E-state index is 12.9. The van der Waals surface area contributed by atoms with Crippen molar-refractivity contribution in [3.8, 4) is 0 Å². The average Bonchev–Trinajstić information content (AvgIpc) is 2.65. The van der Waals surface area contributed by atoms with Gasteiger partial charge in [0.2, 0.25) is 5.91 Å².